The van der Waals surface area contributed by atoms with Crippen molar-refractivity contribution in [3.63, 3.8) is 0 Å². The molecule has 0 unspecified atom stereocenters. The van der Waals surface area contributed by atoms with Gasteiger partial charge in [-0.2, -0.15) is 4.31 Å². The van der Waals surface area contributed by atoms with Crippen molar-refractivity contribution < 1.29 is 13.2 Å². The summed E-state index contributed by atoms with van der Waals surface area (Å²) in [5, 5.41) is 0. The highest BCUT2D eigenvalue weighted by Crippen LogP contribution is 2.23. The van der Waals surface area contributed by atoms with Crippen LogP contribution in [-0.2, 0) is 10.0 Å². The molecule has 1 aromatic carbocycles. The van der Waals surface area contributed by atoms with Gasteiger partial charge in [0.15, 0.2) is 0 Å². The number of aromatic nitrogens is 1. The topological polar surface area (TPSA) is 59.5 Å². The molecule has 0 radical (unpaired) electrons. The molecule has 3 rings (SSSR count). The molecule has 1 aliphatic heterocycles. The molecule has 1 fully saturated rings. The van der Waals surface area contributed by atoms with E-state index in [0.29, 0.717) is 25.9 Å². The molecular weight excluding hydrogens is 312 g/mol. The van der Waals surface area contributed by atoms with Gasteiger partial charge in [-0.05, 0) is 49.6 Å². The van der Waals surface area contributed by atoms with E-state index in [-0.39, 0.29) is 11.0 Å². The largest absolute Gasteiger partial charge is 0.490 e. The van der Waals surface area contributed by atoms with Gasteiger partial charge in [0.1, 0.15) is 16.7 Å². The van der Waals surface area contributed by atoms with Crippen LogP contribution in [-0.4, -0.2) is 36.9 Å². The summed E-state index contributed by atoms with van der Waals surface area (Å²) in [4.78, 5) is 4.14. The minimum Gasteiger partial charge on any atom is -0.490 e. The number of hydrogen-bond donors (Lipinski definition) is 0. The molecule has 0 amide bonds. The van der Waals surface area contributed by atoms with Crippen molar-refractivity contribution in [2.75, 3.05) is 13.1 Å². The molecule has 1 saturated heterocycles. The first-order valence-corrected chi connectivity index (χ1v) is 9.13. The lowest BCUT2D eigenvalue weighted by Crippen LogP contribution is -2.41. The zero-order chi connectivity index (χ0) is 16.3. The zero-order valence-corrected chi connectivity index (χ0v) is 13.9. The fourth-order valence-electron chi connectivity index (χ4n) is 2.72. The third-order valence-corrected chi connectivity index (χ3v) is 5.85. The molecule has 23 heavy (non-hydrogen) atoms. The minimum atomic E-state index is -3.45. The highest BCUT2D eigenvalue weighted by atomic mass is 32.2. The standard InChI is InChI=1S/C17H20N2O3S/c1-14-4-2-5-16(12-14)22-15-7-10-19(11-8-15)23(20,21)17-6-3-9-18-13-17/h2-6,9,12-13,15H,7-8,10-11H2,1H3. The normalized spacial score (nSPS) is 17.1. The van der Waals surface area contributed by atoms with Crippen molar-refractivity contribution in [1.82, 2.24) is 9.29 Å². The van der Waals surface area contributed by atoms with E-state index in [9.17, 15) is 8.42 Å². The van der Waals surface area contributed by atoms with Gasteiger partial charge in [0.05, 0.1) is 0 Å². The van der Waals surface area contributed by atoms with Crippen LogP contribution in [0.15, 0.2) is 53.7 Å². The summed E-state index contributed by atoms with van der Waals surface area (Å²) in [6.45, 7) is 2.96. The van der Waals surface area contributed by atoms with E-state index in [1.54, 1.807) is 18.3 Å². The lowest BCUT2D eigenvalue weighted by Gasteiger charge is -2.31. The smallest absolute Gasteiger partial charge is 0.244 e. The van der Waals surface area contributed by atoms with E-state index in [1.165, 1.54) is 10.5 Å². The van der Waals surface area contributed by atoms with Gasteiger partial charge < -0.3 is 4.74 Å². The number of pyridine rings is 1. The molecule has 2 heterocycles. The first-order chi connectivity index (χ1) is 11.1. The van der Waals surface area contributed by atoms with Crippen LogP contribution in [0.5, 0.6) is 5.75 Å². The van der Waals surface area contributed by atoms with Crippen molar-refractivity contribution >= 4 is 10.0 Å². The number of aryl methyl sites for hydroxylation is 1. The molecule has 0 aliphatic carbocycles. The van der Waals surface area contributed by atoms with Crippen molar-refractivity contribution in [2.45, 2.75) is 30.8 Å². The third kappa shape index (κ3) is 3.71. The van der Waals surface area contributed by atoms with Gasteiger partial charge in [-0.15, -0.1) is 0 Å². The summed E-state index contributed by atoms with van der Waals surface area (Å²) in [5.41, 5.74) is 1.15. The second kappa shape index (κ2) is 6.68. The number of piperidine rings is 1. The van der Waals surface area contributed by atoms with Crippen LogP contribution in [0.3, 0.4) is 0 Å². The molecule has 0 atom stereocenters. The van der Waals surface area contributed by atoms with Crippen molar-refractivity contribution in [3.8, 4) is 5.75 Å². The monoisotopic (exact) mass is 332 g/mol. The van der Waals surface area contributed by atoms with Gasteiger partial charge in [0.25, 0.3) is 0 Å². The summed E-state index contributed by atoms with van der Waals surface area (Å²) in [6, 6.07) is 11.1. The molecule has 0 N–H and O–H groups in total. The summed E-state index contributed by atoms with van der Waals surface area (Å²) in [6.07, 6.45) is 4.39. The van der Waals surface area contributed by atoms with E-state index in [1.807, 2.05) is 31.2 Å². The van der Waals surface area contributed by atoms with Gasteiger partial charge in [-0.25, -0.2) is 8.42 Å². The minimum absolute atomic E-state index is 0.0529. The summed E-state index contributed by atoms with van der Waals surface area (Å²) >= 11 is 0. The van der Waals surface area contributed by atoms with Crippen molar-refractivity contribution in [1.29, 1.82) is 0 Å². The van der Waals surface area contributed by atoms with Gasteiger partial charge in [-0.3, -0.25) is 4.98 Å². The molecule has 6 heteroatoms. The maximum Gasteiger partial charge on any atom is 0.244 e. The van der Waals surface area contributed by atoms with Crippen LogP contribution in [0.4, 0.5) is 0 Å². The van der Waals surface area contributed by atoms with Gasteiger partial charge in [0, 0.05) is 25.5 Å². The Kier molecular flexibility index (Phi) is 4.63. The lowest BCUT2D eigenvalue weighted by molar-refractivity contribution is 0.135. The predicted molar refractivity (Wildman–Crippen MR) is 87.8 cm³/mol. The summed E-state index contributed by atoms with van der Waals surface area (Å²) in [7, 11) is -3.45. The Morgan fingerprint density at radius 2 is 1.96 bits per heavy atom. The Balaban J connectivity index is 1.62. The maximum absolute atomic E-state index is 12.5. The van der Waals surface area contributed by atoms with Gasteiger partial charge in [-0.1, -0.05) is 12.1 Å². The van der Waals surface area contributed by atoms with Crippen molar-refractivity contribution in [3.05, 3.63) is 54.4 Å². The molecule has 0 saturated carbocycles. The molecule has 0 bridgehead atoms. The van der Waals surface area contributed by atoms with E-state index >= 15 is 0 Å². The molecule has 0 spiro atoms. The van der Waals surface area contributed by atoms with Crippen LogP contribution < -0.4 is 4.74 Å². The molecule has 1 aromatic heterocycles. The fraction of sp³-hybridized carbons (Fsp3) is 0.353. The van der Waals surface area contributed by atoms with Crippen LogP contribution >= 0.6 is 0 Å². The van der Waals surface area contributed by atoms with Crippen LogP contribution in [0.25, 0.3) is 0 Å². The van der Waals surface area contributed by atoms with Crippen LogP contribution in [0, 0.1) is 6.92 Å². The van der Waals surface area contributed by atoms with Crippen molar-refractivity contribution in [2.24, 2.45) is 0 Å². The first-order valence-electron chi connectivity index (χ1n) is 7.69. The number of rotatable bonds is 4. The summed E-state index contributed by atoms with van der Waals surface area (Å²) < 4.78 is 32.6. The zero-order valence-electron chi connectivity index (χ0n) is 13.1. The van der Waals surface area contributed by atoms with Gasteiger partial charge >= 0.3 is 0 Å². The molecule has 122 valence electrons. The van der Waals surface area contributed by atoms with Crippen LogP contribution in [0.2, 0.25) is 0 Å². The second-order valence-electron chi connectivity index (χ2n) is 5.73. The average molecular weight is 332 g/mol. The maximum atomic E-state index is 12.5. The number of nitrogens with zero attached hydrogens (tertiary/aromatic N) is 2. The van der Waals surface area contributed by atoms with E-state index < -0.39 is 10.0 Å². The Morgan fingerprint density at radius 1 is 1.17 bits per heavy atom. The second-order valence-corrected chi connectivity index (χ2v) is 7.66. The molecular formula is C17H20N2O3S. The Bertz CT molecular complexity index is 754. The predicted octanol–water partition coefficient (Wildman–Crippen LogP) is 2.62. The third-order valence-electron chi connectivity index (χ3n) is 3.97. The van der Waals surface area contributed by atoms with E-state index in [0.717, 1.165) is 11.3 Å². The highest BCUT2D eigenvalue weighted by Gasteiger charge is 2.30. The van der Waals surface area contributed by atoms with Gasteiger partial charge in [0.2, 0.25) is 10.0 Å². The SMILES string of the molecule is Cc1cccc(OC2CCN(S(=O)(=O)c3cccnc3)CC2)c1. The summed E-state index contributed by atoms with van der Waals surface area (Å²) in [5.74, 6) is 0.846. The number of benzene rings is 1. The Hall–Kier alpha value is -1.92. The van der Waals surface area contributed by atoms with E-state index in [2.05, 4.69) is 4.98 Å². The molecule has 2 aromatic rings. The molecule has 1 aliphatic rings. The lowest BCUT2D eigenvalue weighted by atomic mass is 10.1. The Morgan fingerprint density at radius 3 is 2.61 bits per heavy atom. The average Bonchev–Trinajstić information content (AvgIpc) is 2.56. The van der Waals surface area contributed by atoms with Crippen LogP contribution in [0.1, 0.15) is 18.4 Å². The molecule has 5 nitrogen and oxygen atoms in total. The highest BCUT2D eigenvalue weighted by molar-refractivity contribution is 7.89. The first kappa shape index (κ1) is 16.0. The quantitative estimate of drug-likeness (QED) is 0.863. The number of sulfonamides is 1. The number of ether oxygens (including phenoxy) is 1. The fourth-order valence-corrected chi connectivity index (χ4v) is 4.15. The van der Waals surface area contributed by atoms with E-state index in [4.69, 9.17) is 4.74 Å². The Labute approximate surface area is 137 Å². The number of hydrogen-bond acceptors (Lipinski definition) is 4.